The molecule has 0 aliphatic rings. The second-order valence-electron chi connectivity index (χ2n) is 5.84. The van der Waals surface area contributed by atoms with Crippen LogP contribution in [-0.2, 0) is 33.3 Å². The number of anilines is 1. The van der Waals surface area contributed by atoms with Crippen molar-refractivity contribution in [2.75, 3.05) is 71.4 Å². The lowest BCUT2D eigenvalue weighted by molar-refractivity contribution is -0.142. The van der Waals surface area contributed by atoms with Crippen LogP contribution >= 0.6 is 0 Å². The van der Waals surface area contributed by atoms with E-state index < -0.39 is 0 Å². The monoisotopic (exact) mass is 413 g/mol. The average molecular weight is 413 g/mol. The molecule has 0 aromatic heterocycles. The fourth-order valence-electron chi connectivity index (χ4n) is 2.06. The third-order valence-electron chi connectivity index (χ3n) is 3.32. The van der Waals surface area contributed by atoms with E-state index in [-0.39, 0.29) is 18.5 Å². The van der Waals surface area contributed by atoms with E-state index in [1.165, 1.54) is 13.8 Å². The zero-order valence-corrected chi connectivity index (χ0v) is 17.1. The first-order valence-corrected chi connectivity index (χ1v) is 9.52. The molecule has 0 spiro atoms. The van der Waals surface area contributed by atoms with Crippen LogP contribution in [0.4, 0.5) is 5.69 Å². The standard InChI is InChI=1S/C20H31NO8/c1-17(22)21-19-3-5-20(6-4-19)29-16-14-27-12-10-25-8-7-24-9-11-26-13-15-28-18(2)23/h3-6H,7-16H2,1-2H3,(H,21,22). The molecule has 0 bridgehead atoms. The average Bonchev–Trinajstić information content (AvgIpc) is 2.68. The molecule has 9 heteroatoms. The first kappa shape index (κ1) is 24.8. The van der Waals surface area contributed by atoms with Crippen molar-refractivity contribution in [2.24, 2.45) is 0 Å². The van der Waals surface area contributed by atoms with Gasteiger partial charge in [-0.2, -0.15) is 0 Å². The number of ether oxygens (including phenoxy) is 6. The molecule has 0 saturated heterocycles. The van der Waals surface area contributed by atoms with Gasteiger partial charge in [-0.25, -0.2) is 0 Å². The Labute approximate surface area is 171 Å². The van der Waals surface area contributed by atoms with Gasteiger partial charge in [-0.05, 0) is 24.3 Å². The molecule has 9 nitrogen and oxygen atoms in total. The number of benzene rings is 1. The minimum atomic E-state index is -0.312. The van der Waals surface area contributed by atoms with Crippen molar-refractivity contribution in [1.82, 2.24) is 0 Å². The summed E-state index contributed by atoms with van der Waals surface area (Å²) in [7, 11) is 0. The topological polar surface area (TPSA) is 102 Å². The van der Waals surface area contributed by atoms with E-state index in [9.17, 15) is 9.59 Å². The van der Waals surface area contributed by atoms with Crippen molar-refractivity contribution in [3.05, 3.63) is 24.3 Å². The molecule has 0 radical (unpaired) electrons. The van der Waals surface area contributed by atoms with Crippen LogP contribution in [0, 0.1) is 0 Å². The summed E-state index contributed by atoms with van der Waals surface area (Å²) in [5.74, 6) is 0.294. The summed E-state index contributed by atoms with van der Waals surface area (Å²) in [6.45, 7) is 7.15. The second-order valence-corrected chi connectivity index (χ2v) is 5.84. The number of hydrogen-bond acceptors (Lipinski definition) is 8. The van der Waals surface area contributed by atoms with Gasteiger partial charge >= 0.3 is 5.97 Å². The maximum atomic E-state index is 11.0. The fraction of sp³-hybridized carbons (Fsp3) is 0.600. The number of amides is 1. The van der Waals surface area contributed by atoms with Crippen LogP contribution in [0.3, 0.4) is 0 Å². The molecular weight excluding hydrogens is 382 g/mol. The summed E-state index contributed by atoms with van der Waals surface area (Å²) in [6, 6.07) is 7.14. The van der Waals surface area contributed by atoms with Crippen molar-refractivity contribution in [2.45, 2.75) is 13.8 Å². The highest BCUT2D eigenvalue weighted by atomic mass is 16.6. The maximum Gasteiger partial charge on any atom is 0.302 e. The number of esters is 1. The molecule has 29 heavy (non-hydrogen) atoms. The summed E-state index contributed by atoms with van der Waals surface area (Å²) in [6.07, 6.45) is 0. The highest BCUT2D eigenvalue weighted by Crippen LogP contribution is 2.15. The summed E-state index contributed by atoms with van der Waals surface area (Å²) < 4.78 is 31.7. The van der Waals surface area contributed by atoms with Crippen LogP contribution in [-0.4, -0.2) is 77.9 Å². The molecule has 1 amide bonds. The van der Waals surface area contributed by atoms with Crippen molar-refractivity contribution < 1.29 is 38.0 Å². The van der Waals surface area contributed by atoms with Crippen molar-refractivity contribution in [1.29, 1.82) is 0 Å². The van der Waals surface area contributed by atoms with Gasteiger partial charge in [0.15, 0.2) is 0 Å². The Morgan fingerprint density at radius 2 is 1.14 bits per heavy atom. The Bertz CT molecular complexity index is 564. The molecule has 1 rings (SSSR count). The number of hydrogen-bond donors (Lipinski definition) is 1. The van der Waals surface area contributed by atoms with Crippen LogP contribution in [0.1, 0.15) is 13.8 Å². The minimum absolute atomic E-state index is 0.108. The molecule has 0 aliphatic carbocycles. The third kappa shape index (κ3) is 15.4. The first-order chi connectivity index (χ1) is 14.1. The van der Waals surface area contributed by atoms with E-state index in [0.29, 0.717) is 65.2 Å². The highest BCUT2D eigenvalue weighted by molar-refractivity contribution is 5.88. The summed E-state index contributed by atoms with van der Waals surface area (Å²) in [4.78, 5) is 21.5. The molecule has 0 aliphatic heterocycles. The van der Waals surface area contributed by atoms with Crippen molar-refractivity contribution in [3.63, 3.8) is 0 Å². The van der Waals surface area contributed by atoms with E-state index in [0.717, 1.165) is 5.69 Å². The van der Waals surface area contributed by atoms with Crippen molar-refractivity contribution >= 4 is 17.6 Å². The lowest BCUT2D eigenvalue weighted by Crippen LogP contribution is -2.14. The maximum absolute atomic E-state index is 11.0. The van der Waals surface area contributed by atoms with Gasteiger partial charge in [0, 0.05) is 19.5 Å². The van der Waals surface area contributed by atoms with E-state index in [4.69, 9.17) is 28.4 Å². The molecule has 1 aromatic rings. The van der Waals surface area contributed by atoms with E-state index >= 15 is 0 Å². The van der Waals surface area contributed by atoms with Gasteiger partial charge in [-0.1, -0.05) is 0 Å². The fourth-order valence-corrected chi connectivity index (χ4v) is 2.06. The summed E-state index contributed by atoms with van der Waals surface area (Å²) >= 11 is 0. The predicted molar refractivity (Wildman–Crippen MR) is 106 cm³/mol. The van der Waals surface area contributed by atoms with E-state index in [2.05, 4.69) is 5.32 Å². The highest BCUT2D eigenvalue weighted by Gasteiger charge is 1.98. The summed E-state index contributed by atoms with van der Waals surface area (Å²) in [5.41, 5.74) is 0.731. The zero-order valence-electron chi connectivity index (χ0n) is 17.1. The van der Waals surface area contributed by atoms with Crippen LogP contribution < -0.4 is 10.1 Å². The smallest absolute Gasteiger partial charge is 0.302 e. The third-order valence-corrected chi connectivity index (χ3v) is 3.32. The molecule has 1 N–H and O–H groups in total. The zero-order chi connectivity index (χ0) is 21.2. The van der Waals surface area contributed by atoms with Gasteiger partial charge in [-0.3, -0.25) is 9.59 Å². The Hall–Kier alpha value is -2.20. The lowest BCUT2D eigenvalue weighted by Gasteiger charge is -2.09. The molecule has 0 saturated carbocycles. The normalized spacial score (nSPS) is 10.6. The number of carbonyl (C=O) groups excluding carboxylic acids is 2. The number of carbonyl (C=O) groups is 2. The van der Waals surface area contributed by atoms with Crippen LogP contribution in [0.15, 0.2) is 24.3 Å². The van der Waals surface area contributed by atoms with Crippen molar-refractivity contribution in [3.8, 4) is 5.75 Å². The van der Waals surface area contributed by atoms with Gasteiger partial charge < -0.3 is 33.7 Å². The molecular formula is C20H31NO8. The number of rotatable bonds is 17. The predicted octanol–water partition coefficient (Wildman–Crippen LogP) is 1.65. The quantitative estimate of drug-likeness (QED) is 0.304. The van der Waals surface area contributed by atoms with Gasteiger partial charge in [-0.15, -0.1) is 0 Å². The molecule has 164 valence electrons. The number of nitrogens with one attached hydrogen (secondary N) is 1. The largest absolute Gasteiger partial charge is 0.491 e. The van der Waals surface area contributed by atoms with Gasteiger partial charge in [0.2, 0.25) is 5.91 Å². The minimum Gasteiger partial charge on any atom is -0.491 e. The first-order valence-electron chi connectivity index (χ1n) is 9.52. The van der Waals surface area contributed by atoms with Crippen LogP contribution in [0.5, 0.6) is 5.75 Å². The molecule has 0 atom stereocenters. The Morgan fingerprint density at radius 3 is 1.59 bits per heavy atom. The molecule has 0 fully saturated rings. The SMILES string of the molecule is CC(=O)Nc1ccc(OCCOCCOCCOCCOCCOC(C)=O)cc1. The van der Waals surface area contributed by atoms with Gasteiger partial charge in [0.05, 0.1) is 52.9 Å². The summed E-state index contributed by atoms with van der Waals surface area (Å²) in [5, 5.41) is 2.69. The molecule has 0 unspecified atom stereocenters. The van der Waals surface area contributed by atoms with Gasteiger partial charge in [0.25, 0.3) is 0 Å². The Morgan fingerprint density at radius 1 is 0.690 bits per heavy atom. The van der Waals surface area contributed by atoms with Crippen LogP contribution in [0.25, 0.3) is 0 Å². The van der Waals surface area contributed by atoms with Gasteiger partial charge in [0.1, 0.15) is 19.0 Å². The van der Waals surface area contributed by atoms with Crippen LogP contribution in [0.2, 0.25) is 0 Å². The Kier molecular flexibility index (Phi) is 14.3. The molecule has 0 heterocycles. The van der Waals surface area contributed by atoms with E-state index in [1.54, 1.807) is 24.3 Å². The van der Waals surface area contributed by atoms with E-state index in [1.807, 2.05) is 0 Å². The second kappa shape index (κ2) is 16.7. The molecule has 1 aromatic carbocycles. The lowest BCUT2D eigenvalue weighted by atomic mass is 10.3. The Balaban J connectivity index is 1.82.